The Balaban J connectivity index is 1.97. The summed E-state index contributed by atoms with van der Waals surface area (Å²) < 4.78 is 10.4. The molecule has 6 nitrogen and oxygen atoms in total. The van der Waals surface area contributed by atoms with E-state index in [1.807, 2.05) is 13.8 Å². The third-order valence-corrected chi connectivity index (χ3v) is 3.95. The standard InChI is InChI=1S/C12H19N3O3S/c1-4-17-10(16)12(3,13-9-5-6-9)7-19-11-15-14-8(2)18-11/h9,13H,4-7H2,1-3H3. The van der Waals surface area contributed by atoms with Gasteiger partial charge in [0.1, 0.15) is 5.54 Å². The van der Waals surface area contributed by atoms with Gasteiger partial charge in [0.15, 0.2) is 0 Å². The van der Waals surface area contributed by atoms with Crippen LogP contribution < -0.4 is 5.32 Å². The summed E-state index contributed by atoms with van der Waals surface area (Å²) in [7, 11) is 0. The molecule has 1 aromatic rings. The Kier molecular flexibility index (Phi) is 4.46. The van der Waals surface area contributed by atoms with Crippen LogP contribution in [0.1, 0.15) is 32.6 Å². The van der Waals surface area contributed by atoms with Gasteiger partial charge in [-0.05, 0) is 26.7 Å². The zero-order valence-corrected chi connectivity index (χ0v) is 12.2. The minimum Gasteiger partial charge on any atom is -0.465 e. The van der Waals surface area contributed by atoms with Crippen molar-refractivity contribution < 1.29 is 13.9 Å². The van der Waals surface area contributed by atoms with Crippen molar-refractivity contribution in [3.63, 3.8) is 0 Å². The molecule has 106 valence electrons. The quantitative estimate of drug-likeness (QED) is 0.601. The lowest BCUT2D eigenvalue weighted by Crippen LogP contribution is -2.53. The molecule has 7 heteroatoms. The second kappa shape index (κ2) is 5.92. The van der Waals surface area contributed by atoms with E-state index in [1.54, 1.807) is 6.92 Å². The number of carbonyl (C=O) groups is 1. The van der Waals surface area contributed by atoms with Crippen LogP contribution in [0.2, 0.25) is 0 Å². The van der Waals surface area contributed by atoms with Crippen LogP contribution >= 0.6 is 11.8 Å². The van der Waals surface area contributed by atoms with Crippen LogP contribution in [0.5, 0.6) is 0 Å². The molecule has 1 heterocycles. The lowest BCUT2D eigenvalue weighted by Gasteiger charge is -2.27. The van der Waals surface area contributed by atoms with Crippen LogP contribution in [0.15, 0.2) is 9.64 Å². The zero-order chi connectivity index (χ0) is 13.9. The van der Waals surface area contributed by atoms with Crippen LogP contribution in [-0.2, 0) is 9.53 Å². The highest BCUT2D eigenvalue weighted by molar-refractivity contribution is 7.99. The second-order valence-corrected chi connectivity index (χ2v) is 5.77. The summed E-state index contributed by atoms with van der Waals surface area (Å²) in [5.41, 5.74) is -0.718. The van der Waals surface area contributed by atoms with Crippen LogP contribution in [-0.4, -0.2) is 40.1 Å². The van der Waals surface area contributed by atoms with Gasteiger partial charge in [-0.3, -0.25) is 10.1 Å². The fourth-order valence-corrected chi connectivity index (χ4v) is 2.56. The Hall–Kier alpha value is -1.08. The predicted molar refractivity (Wildman–Crippen MR) is 71.0 cm³/mol. The van der Waals surface area contributed by atoms with Crippen molar-refractivity contribution in [2.75, 3.05) is 12.4 Å². The molecular weight excluding hydrogens is 266 g/mol. The molecule has 1 N–H and O–H groups in total. The number of aryl methyl sites for hydroxylation is 1. The van der Waals surface area contributed by atoms with Gasteiger partial charge in [-0.2, -0.15) is 0 Å². The van der Waals surface area contributed by atoms with Gasteiger partial charge in [0.25, 0.3) is 5.22 Å². The molecule has 1 aromatic heterocycles. The van der Waals surface area contributed by atoms with E-state index in [0.29, 0.717) is 29.5 Å². The van der Waals surface area contributed by atoms with E-state index in [2.05, 4.69) is 15.5 Å². The average Bonchev–Trinajstić information content (AvgIpc) is 3.07. The molecular formula is C12H19N3O3S. The van der Waals surface area contributed by atoms with E-state index < -0.39 is 5.54 Å². The van der Waals surface area contributed by atoms with Crippen molar-refractivity contribution in [3.05, 3.63) is 5.89 Å². The van der Waals surface area contributed by atoms with Crippen molar-refractivity contribution in [3.8, 4) is 0 Å². The van der Waals surface area contributed by atoms with E-state index in [1.165, 1.54) is 11.8 Å². The lowest BCUT2D eigenvalue weighted by atomic mass is 10.1. The molecule has 2 rings (SSSR count). The third kappa shape index (κ3) is 3.94. The maximum atomic E-state index is 12.1. The van der Waals surface area contributed by atoms with E-state index in [4.69, 9.17) is 9.15 Å². The summed E-state index contributed by atoms with van der Waals surface area (Å²) in [6.45, 7) is 5.79. The van der Waals surface area contributed by atoms with E-state index >= 15 is 0 Å². The maximum Gasteiger partial charge on any atom is 0.326 e. The largest absolute Gasteiger partial charge is 0.465 e. The van der Waals surface area contributed by atoms with Gasteiger partial charge in [0.05, 0.1) is 6.61 Å². The zero-order valence-electron chi connectivity index (χ0n) is 11.4. The summed E-state index contributed by atoms with van der Waals surface area (Å²) in [5, 5.41) is 11.5. The molecule has 1 aliphatic carbocycles. The molecule has 1 fully saturated rings. The topological polar surface area (TPSA) is 77.2 Å². The summed E-state index contributed by atoms with van der Waals surface area (Å²) in [6, 6.07) is 0.416. The number of thioether (sulfide) groups is 1. The number of rotatable bonds is 7. The van der Waals surface area contributed by atoms with Gasteiger partial charge < -0.3 is 9.15 Å². The molecule has 0 spiro atoms. The van der Waals surface area contributed by atoms with Gasteiger partial charge in [0.2, 0.25) is 5.89 Å². The van der Waals surface area contributed by atoms with Crippen molar-refractivity contribution in [1.29, 1.82) is 0 Å². The summed E-state index contributed by atoms with van der Waals surface area (Å²) in [5.74, 6) is 0.797. The molecule has 1 unspecified atom stereocenters. The van der Waals surface area contributed by atoms with E-state index in [0.717, 1.165) is 12.8 Å². The van der Waals surface area contributed by atoms with Crippen LogP contribution in [0.25, 0.3) is 0 Å². The second-order valence-electron chi connectivity index (χ2n) is 4.85. The molecule has 0 aromatic carbocycles. The number of nitrogens with zero attached hydrogens (tertiary/aromatic N) is 2. The fourth-order valence-electron chi connectivity index (χ4n) is 1.67. The van der Waals surface area contributed by atoms with Crippen LogP contribution in [0.3, 0.4) is 0 Å². The Morgan fingerprint density at radius 2 is 2.32 bits per heavy atom. The molecule has 1 saturated carbocycles. The summed E-state index contributed by atoms with van der Waals surface area (Å²) >= 11 is 1.37. The van der Waals surface area contributed by atoms with Crippen molar-refractivity contribution in [2.24, 2.45) is 0 Å². The molecule has 0 bridgehead atoms. The third-order valence-electron chi connectivity index (χ3n) is 2.82. The van der Waals surface area contributed by atoms with Crippen molar-refractivity contribution in [1.82, 2.24) is 15.5 Å². The van der Waals surface area contributed by atoms with Gasteiger partial charge in [-0.1, -0.05) is 11.8 Å². The highest BCUT2D eigenvalue weighted by Gasteiger charge is 2.40. The molecule has 19 heavy (non-hydrogen) atoms. The molecule has 0 aliphatic heterocycles. The number of aromatic nitrogens is 2. The maximum absolute atomic E-state index is 12.1. The lowest BCUT2D eigenvalue weighted by molar-refractivity contribution is -0.149. The molecule has 1 aliphatic rings. The van der Waals surface area contributed by atoms with E-state index in [9.17, 15) is 4.79 Å². The molecule has 0 radical (unpaired) electrons. The van der Waals surface area contributed by atoms with E-state index in [-0.39, 0.29) is 5.97 Å². The highest BCUT2D eigenvalue weighted by Crippen LogP contribution is 2.27. The first-order chi connectivity index (χ1) is 9.03. The Bertz CT molecular complexity index is 447. The van der Waals surface area contributed by atoms with Gasteiger partial charge in [-0.15, -0.1) is 10.2 Å². The number of esters is 1. The first kappa shape index (κ1) is 14.3. The van der Waals surface area contributed by atoms with Gasteiger partial charge in [0, 0.05) is 18.7 Å². The Morgan fingerprint density at radius 1 is 1.58 bits per heavy atom. The normalized spacial score (nSPS) is 18.1. The summed E-state index contributed by atoms with van der Waals surface area (Å²) in [4.78, 5) is 12.1. The number of hydrogen-bond donors (Lipinski definition) is 1. The minimum absolute atomic E-state index is 0.231. The van der Waals surface area contributed by atoms with Crippen molar-refractivity contribution >= 4 is 17.7 Å². The van der Waals surface area contributed by atoms with Crippen LogP contribution in [0.4, 0.5) is 0 Å². The Morgan fingerprint density at radius 3 is 2.84 bits per heavy atom. The predicted octanol–water partition coefficient (Wildman–Crippen LogP) is 1.54. The first-order valence-electron chi connectivity index (χ1n) is 6.41. The van der Waals surface area contributed by atoms with Gasteiger partial charge >= 0.3 is 5.97 Å². The molecule has 0 amide bonds. The fraction of sp³-hybridized carbons (Fsp3) is 0.750. The average molecular weight is 285 g/mol. The summed E-state index contributed by atoms with van der Waals surface area (Å²) in [6.07, 6.45) is 2.22. The highest BCUT2D eigenvalue weighted by atomic mass is 32.2. The Labute approximate surface area is 116 Å². The van der Waals surface area contributed by atoms with Crippen LogP contribution in [0, 0.1) is 6.92 Å². The number of hydrogen-bond acceptors (Lipinski definition) is 7. The molecule has 0 saturated heterocycles. The van der Waals surface area contributed by atoms with Gasteiger partial charge in [-0.25, -0.2) is 0 Å². The number of ether oxygens (including phenoxy) is 1. The van der Waals surface area contributed by atoms with Crippen molar-refractivity contribution in [2.45, 2.75) is 50.4 Å². The number of carbonyl (C=O) groups excluding carboxylic acids is 1. The SMILES string of the molecule is CCOC(=O)C(C)(CSc1nnc(C)o1)NC1CC1. The minimum atomic E-state index is -0.718. The molecule has 1 atom stereocenters. The monoisotopic (exact) mass is 285 g/mol. The first-order valence-corrected chi connectivity index (χ1v) is 7.40. The smallest absolute Gasteiger partial charge is 0.326 e. The number of nitrogens with one attached hydrogen (secondary N) is 1.